The van der Waals surface area contributed by atoms with Gasteiger partial charge in [-0.1, -0.05) is 26.8 Å². The van der Waals surface area contributed by atoms with Gasteiger partial charge in [0.05, 0.1) is 0 Å². The van der Waals surface area contributed by atoms with E-state index in [0.717, 1.165) is 19.6 Å². The van der Waals surface area contributed by atoms with Gasteiger partial charge in [-0.2, -0.15) is 0 Å². The maximum Gasteiger partial charge on any atom is 0.0327 e. The van der Waals surface area contributed by atoms with Crippen LogP contribution in [0.2, 0.25) is 0 Å². The maximum absolute atomic E-state index is 3.46. The first-order chi connectivity index (χ1) is 7.72. The highest BCUT2D eigenvalue weighted by molar-refractivity contribution is 7.09. The standard InChI is InChI=1S/C13H24N2S/c1-4-15(9-6-8-14-12(2)3)11-13-7-5-10-16-13/h5,7,10,12,14H,4,6,8-9,11H2,1-3H3. The molecule has 0 bridgehead atoms. The molecular weight excluding hydrogens is 216 g/mol. The zero-order chi connectivity index (χ0) is 11.8. The highest BCUT2D eigenvalue weighted by Crippen LogP contribution is 2.11. The predicted molar refractivity (Wildman–Crippen MR) is 73.0 cm³/mol. The second-order valence-corrected chi connectivity index (χ2v) is 5.44. The first-order valence-corrected chi connectivity index (χ1v) is 7.08. The predicted octanol–water partition coefficient (Wildman–Crippen LogP) is 2.96. The van der Waals surface area contributed by atoms with Crippen LogP contribution in [0.25, 0.3) is 0 Å². The van der Waals surface area contributed by atoms with Crippen LogP contribution in [0.5, 0.6) is 0 Å². The van der Waals surface area contributed by atoms with E-state index in [4.69, 9.17) is 0 Å². The first kappa shape index (κ1) is 13.7. The van der Waals surface area contributed by atoms with Gasteiger partial charge in [0.25, 0.3) is 0 Å². The molecule has 0 aliphatic rings. The molecule has 0 spiro atoms. The summed E-state index contributed by atoms with van der Waals surface area (Å²) in [7, 11) is 0. The van der Waals surface area contributed by atoms with Crippen molar-refractivity contribution in [1.29, 1.82) is 0 Å². The molecule has 0 atom stereocenters. The lowest BCUT2D eigenvalue weighted by atomic mass is 10.3. The molecule has 16 heavy (non-hydrogen) atoms. The van der Waals surface area contributed by atoms with E-state index in [1.165, 1.54) is 17.8 Å². The molecule has 1 N–H and O–H groups in total. The molecule has 0 unspecified atom stereocenters. The smallest absolute Gasteiger partial charge is 0.0327 e. The second-order valence-electron chi connectivity index (χ2n) is 4.41. The molecule has 2 nitrogen and oxygen atoms in total. The van der Waals surface area contributed by atoms with Crippen molar-refractivity contribution < 1.29 is 0 Å². The molecule has 0 saturated carbocycles. The van der Waals surface area contributed by atoms with Gasteiger partial charge in [-0.05, 0) is 37.5 Å². The van der Waals surface area contributed by atoms with Crippen LogP contribution in [0.15, 0.2) is 17.5 Å². The molecule has 0 fully saturated rings. The Kier molecular flexibility index (Phi) is 6.69. The van der Waals surface area contributed by atoms with E-state index < -0.39 is 0 Å². The summed E-state index contributed by atoms with van der Waals surface area (Å²) in [6.07, 6.45) is 1.23. The van der Waals surface area contributed by atoms with E-state index in [1.807, 2.05) is 11.3 Å². The maximum atomic E-state index is 3.46. The zero-order valence-corrected chi connectivity index (χ0v) is 11.5. The van der Waals surface area contributed by atoms with Gasteiger partial charge in [-0.25, -0.2) is 0 Å². The van der Waals surface area contributed by atoms with Crippen LogP contribution in [-0.2, 0) is 6.54 Å². The average Bonchev–Trinajstić information content (AvgIpc) is 2.75. The average molecular weight is 240 g/mol. The molecular formula is C13H24N2S. The van der Waals surface area contributed by atoms with E-state index in [-0.39, 0.29) is 0 Å². The molecule has 1 aromatic heterocycles. The fraction of sp³-hybridized carbons (Fsp3) is 0.692. The summed E-state index contributed by atoms with van der Waals surface area (Å²) in [5.74, 6) is 0. The van der Waals surface area contributed by atoms with Crippen molar-refractivity contribution in [3.05, 3.63) is 22.4 Å². The van der Waals surface area contributed by atoms with Gasteiger partial charge in [0.2, 0.25) is 0 Å². The minimum atomic E-state index is 0.604. The molecule has 3 heteroatoms. The molecule has 0 aliphatic heterocycles. The van der Waals surface area contributed by atoms with Crippen molar-refractivity contribution in [2.24, 2.45) is 0 Å². The lowest BCUT2D eigenvalue weighted by Crippen LogP contribution is -2.29. The van der Waals surface area contributed by atoms with Crippen molar-refractivity contribution >= 4 is 11.3 Å². The summed E-state index contributed by atoms with van der Waals surface area (Å²) in [4.78, 5) is 3.98. The van der Waals surface area contributed by atoms with Crippen molar-refractivity contribution in [2.75, 3.05) is 19.6 Å². The minimum absolute atomic E-state index is 0.604. The number of thiophene rings is 1. The summed E-state index contributed by atoms with van der Waals surface area (Å²) in [5, 5.41) is 5.62. The van der Waals surface area contributed by atoms with Gasteiger partial charge in [0, 0.05) is 17.5 Å². The van der Waals surface area contributed by atoms with Gasteiger partial charge in [0.15, 0.2) is 0 Å². The van der Waals surface area contributed by atoms with Crippen molar-refractivity contribution in [3.63, 3.8) is 0 Å². The zero-order valence-electron chi connectivity index (χ0n) is 10.7. The van der Waals surface area contributed by atoms with Gasteiger partial charge >= 0.3 is 0 Å². The Hall–Kier alpha value is -0.380. The highest BCUT2D eigenvalue weighted by atomic mass is 32.1. The molecule has 0 saturated heterocycles. The third-order valence-electron chi connectivity index (χ3n) is 2.61. The number of nitrogens with zero attached hydrogens (tertiary/aromatic N) is 1. The van der Waals surface area contributed by atoms with Crippen molar-refractivity contribution in [3.8, 4) is 0 Å². The van der Waals surface area contributed by atoms with Gasteiger partial charge in [0.1, 0.15) is 0 Å². The number of rotatable bonds is 8. The summed E-state index contributed by atoms with van der Waals surface area (Å²) in [6, 6.07) is 4.96. The van der Waals surface area contributed by atoms with Crippen LogP contribution in [0.4, 0.5) is 0 Å². The minimum Gasteiger partial charge on any atom is -0.314 e. The van der Waals surface area contributed by atoms with Crippen molar-refractivity contribution in [1.82, 2.24) is 10.2 Å². The normalized spacial score (nSPS) is 11.6. The van der Waals surface area contributed by atoms with E-state index >= 15 is 0 Å². The molecule has 0 radical (unpaired) electrons. The third kappa shape index (κ3) is 5.64. The Morgan fingerprint density at radius 2 is 2.25 bits per heavy atom. The SMILES string of the molecule is CCN(CCCNC(C)C)Cc1cccs1. The Bertz CT molecular complexity index is 257. The third-order valence-corrected chi connectivity index (χ3v) is 3.47. The van der Waals surface area contributed by atoms with E-state index in [0.29, 0.717) is 6.04 Å². The summed E-state index contributed by atoms with van der Waals surface area (Å²) >= 11 is 1.85. The number of hydrogen-bond acceptors (Lipinski definition) is 3. The fourth-order valence-electron chi connectivity index (χ4n) is 1.67. The molecule has 0 aliphatic carbocycles. The van der Waals surface area contributed by atoms with E-state index in [1.54, 1.807) is 0 Å². The van der Waals surface area contributed by atoms with Crippen LogP contribution in [-0.4, -0.2) is 30.6 Å². The molecule has 1 heterocycles. The molecule has 0 amide bonds. The summed E-state index contributed by atoms with van der Waals surface area (Å²) in [6.45, 7) is 11.2. The Balaban J connectivity index is 2.17. The lowest BCUT2D eigenvalue weighted by molar-refractivity contribution is 0.276. The summed E-state index contributed by atoms with van der Waals surface area (Å²) < 4.78 is 0. The van der Waals surface area contributed by atoms with Crippen molar-refractivity contribution in [2.45, 2.75) is 39.8 Å². The number of nitrogens with one attached hydrogen (secondary N) is 1. The molecule has 0 aromatic carbocycles. The van der Waals surface area contributed by atoms with Crippen LogP contribution in [0.3, 0.4) is 0 Å². The van der Waals surface area contributed by atoms with E-state index in [9.17, 15) is 0 Å². The molecule has 1 rings (SSSR count). The van der Waals surface area contributed by atoms with Gasteiger partial charge in [-0.3, -0.25) is 4.90 Å². The van der Waals surface area contributed by atoms with Crippen LogP contribution in [0.1, 0.15) is 32.1 Å². The first-order valence-electron chi connectivity index (χ1n) is 6.20. The topological polar surface area (TPSA) is 15.3 Å². The number of hydrogen-bond donors (Lipinski definition) is 1. The molecule has 1 aromatic rings. The lowest BCUT2D eigenvalue weighted by Gasteiger charge is -2.20. The summed E-state index contributed by atoms with van der Waals surface area (Å²) in [5.41, 5.74) is 0. The second kappa shape index (κ2) is 7.82. The Morgan fingerprint density at radius 1 is 1.44 bits per heavy atom. The van der Waals surface area contributed by atoms with Crippen LogP contribution in [0, 0.1) is 0 Å². The van der Waals surface area contributed by atoms with Crippen LogP contribution >= 0.6 is 11.3 Å². The Labute approximate surface area is 104 Å². The van der Waals surface area contributed by atoms with Crippen LogP contribution < -0.4 is 5.32 Å². The quantitative estimate of drug-likeness (QED) is 0.703. The van der Waals surface area contributed by atoms with Gasteiger partial charge in [-0.15, -0.1) is 11.3 Å². The van der Waals surface area contributed by atoms with E-state index in [2.05, 4.69) is 48.5 Å². The Morgan fingerprint density at radius 3 is 2.81 bits per heavy atom. The highest BCUT2D eigenvalue weighted by Gasteiger charge is 2.04. The largest absolute Gasteiger partial charge is 0.314 e. The van der Waals surface area contributed by atoms with Gasteiger partial charge < -0.3 is 5.32 Å². The fourth-order valence-corrected chi connectivity index (χ4v) is 2.41. The molecule has 92 valence electrons. The monoisotopic (exact) mass is 240 g/mol.